The molecule has 1 N–H and O–H groups in total. The number of fused-ring (bicyclic) bond motifs is 1. The number of morpholine rings is 1. The fourth-order valence-electron chi connectivity index (χ4n) is 3.25. The van der Waals surface area contributed by atoms with Crippen molar-refractivity contribution < 1.29 is 17.9 Å². The van der Waals surface area contributed by atoms with Crippen molar-refractivity contribution in [3.63, 3.8) is 0 Å². The van der Waals surface area contributed by atoms with Crippen LogP contribution in [0.2, 0.25) is 0 Å². The van der Waals surface area contributed by atoms with E-state index in [4.69, 9.17) is 9.47 Å². The molecule has 2 fully saturated rings. The zero-order valence-electron chi connectivity index (χ0n) is 13.0. The molecule has 1 saturated carbocycles. The molecule has 6 nitrogen and oxygen atoms in total. The molecular weight excluding hydrogens is 316 g/mol. The van der Waals surface area contributed by atoms with Crippen molar-refractivity contribution in [2.75, 3.05) is 32.8 Å². The Bertz CT molecular complexity index is 687. The van der Waals surface area contributed by atoms with E-state index in [1.807, 2.05) is 0 Å². The van der Waals surface area contributed by atoms with Crippen molar-refractivity contribution in [3.8, 4) is 5.75 Å². The number of nitrogens with zero attached hydrogens (tertiary/aromatic N) is 1. The van der Waals surface area contributed by atoms with Crippen molar-refractivity contribution in [1.82, 2.24) is 9.62 Å². The minimum atomic E-state index is -3.51. The molecule has 0 amide bonds. The van der Waals surface area contributed by atoms with Gasteiger partial charge >= 0.3 is 0 Å². The molecule has 126 valence electrons. The first-order valence-electron chi connectivity index (χ1n) is 8.23. The molecule has 0 radical (unpaired) electrons. The summed E-state index contributed by atoms with van der Waals surface area (Å²) in [5, 5.41) is 0. The number of rotatable bonds is 5. The van der Waals surface area contributed by atoms with E-state index < -0.39 is 10.0 Å². The van der Waals surface area contributed by atoms with Gasteiger partial charge in [0.1, 0.15) is 5.75 Å². The summed E-state index contributed by atoms with van der Waals surface area (Å²) >= 11 is 0. The number of nitrogens with one attached hydrogen (secondary N) is 1. The van der Waals surface area contributed by atoms with E-state index in [2.05, 4.69) is 9.62 Å². The number of hydrogen-bond donors (Lipinski definition) is 1. The lowest BCUT2D eigenvalue weighted by Crippen LogP contribution is -2.48. The van der Waals surface area contributed by atoms with E-state index in [-0.39, 0.29) is 6.10 Å². The summed E-state index contributed by atoms with van der Waals surface area (Å²) in [5.74, 6) is 0.791. The van der Waals surface area contributed by atoms with Crippen LogP contribution in [0.5, 0.6) is 5.75 Å². The maximum Gasteiger partial charge on any atom is 0.240 e. The Labute approximate surface area is 136 Å². The predicted molar refractivity (Wildman–Crippen MR) is 85.2 cm³/mol. The number of ether oxygens (including phenoxy) is 2. The highest BCUT2D eigenvalue weighted by molar-refractivity contribution is 7.89. The summed E-state index contributed by atoms with van der Waals surface area (Å²) < 4.78 is 38.8. The molecule has 2 heterocycles. The molecular formula is C16H22N2O4S. The topological polar surface area (TPSA) is 67.9 Å². The Balaban J connectivity index is 1.39. The Morgan fingerprint density at radius 1 is 1.26 bits per heavy atom. The van der Waals surface area contributed by atoms with E-state index in [0.29, 0.717) is 30.7 Å². The Morgan fingerprint density at radius 2 is 2.13 bits per heavy atom. The van der Waals surface area contributed by atoms with Gasteiger partial charge in [0.15, 0.2) is 0 Å². The van der Waals surface area contributed by atoms with E-state index in [0.717, 1.165) is 30.8 Å². The second-order valence-electron chi connectivity index (χ2n) is 6.44. The summed E-state index contributed by atoms with van der Waals surface area (Å²) in [6, 6.07) is 5.74. The van der Waals surface area contributed by atoms with Crippen molar-refractivity contribution in [2.24, 2.45) is 0 Å². The van der Waals surface area contributed by atoms with Crippen LogP contribution in [0, 0.1) is 0 Å². The third-order valence-electron chi connectivity index (χ3n) is 4.71. The third-order valence-corrected chi connectivity index (χ3v) is 6.13. The highest BCUT2D eigenvalue weighted by Gasteiger charge is 2.33. The van der Waals surface area contributed by atoms with Crippen molar-refractivity contribution in [2.45, 2.75) is 36.3 Å². The maximum absolute atomic E-state index is 12.5. The van der Waals surface area contributed by atoms with Crippen LogP contribution in [0.3, 0.4) is 0 Å². The number of benzene rings is 1. The fraction of sp³-hybridized carbons (Fsp3) is 0.625. The number of hydrogen-bond acceptors (Lipinski definition) is 5. The summed E-state index contributed by atoms with van der Waals surface area (Å²) in [6.45, 7) is 3.39. The van der Waals surface area contributed by atoms with Gasteiger partial charge < -0.3 is 9.47 Å². The average Bonchev–Trinajstić information content (AvgIpc) is 3.31. The van der Waals surface area contributed by atoms with Gasteiger partial charge in [0.05, 0.1) is 24.2 Å². The maximum atomic E-state index is 12.5. The summed E-state index contributed by atoms with van der Waals surface area (Å²) in [6.07, 6.45) is 3.21. The highest BCUT2D eigenvalue weighted by Crippen LogP contribution is 2.29. The molecule has 1 aromatic rings. The van der Waals surface area contributed by atoms with Crippen molar-refractivity contribution in [3.05, 3.63) is 23.8 Å². The minimum Gasteiger partial charge on any atom is -0.493 e. The smallest absolute Gasteiger partial charge is 0.240 e. The van der Waals surface area contributed by atoms with Gasteiger partial charge in [0, 0.05) is 32.1 Å². The van der Waals surface area contributed by atoms with Crippen LogP contribution in [0.15, 0.2) is 23.1 Å². The van der Waals surface area contributed by atoms with Crippen LogP contribution in [0.4, 0.5) is 0 Å². The first-order chi connectivity index (χ1) is 11.1. The molecule has 0 unspecified atom stereocenters. The van der Waals surface area contributed by atoms with Gasteiger partial charge in [-0.3, -0.25) is 4.90 Å². The first kappa shape index (κ1) is 15.4. The fourth-order valence-corrected chi connectivity index (χ4v) is 4.37. The lowest BCUT2D eigenvalue weighted by molar-refractivity contribution is -0.0277. The predicted octanol–water partition coefficient (Wildman–Crippen LogP) is 0.763. The van der Waals surface area contributed by atoms with Crippen molar-refractivity contribution >= 4 is 10.0 Å². The molecule has 0 bridgehead atoms. The van der Waals surface area contributed by atoms with Crippen LogP contribution in [-0.4, -0.2) is 58.3 Å². The van der Waals surface area contributed by atoms with Crippen LogP contribution in [0.1, 0.15) is 18.4 Å². The number of sulfonamides is 1. The van der Waals surface area contributed by atoms with Gasteiger partial charge in [-0.25, -0.2) is 13.1 Å². The van der Waals surface area contributed by atoms with Gasteiger partial charge in [0.25, 0.3) is 0 Å². The van der Waals surface area contributed by atoms with Gasteiger partial charge in [-0.05, 0) is 36.6 Å². The van der Waals surface area contributed by atoms with Gasteiger partial charge in [-0.15, -0.1) is 0 Å². The van der Waals surface area contributed by atoms with Crippen LogP contribution >= 0.6 is 0 Å². The summed E-state index contributed by atoms with van der Waals surface area (Å²) in [5.41, 5.74) is 0.960. The lowest BCUT2D eigenvalue weighted by atomic mass is 10.2. The Morgan fingerprint density at radius 3 is 2.96 bits per heavy atom. The van der Waals surface area contributed by atoms with E-state index in [1.54, 1.807) is 18.2 Å². The molecule has 1 aliphatic carbocycles. The second-order valence-corrected chi connectivity index (χ2v) is 8.21. The van der Waals surface area contributed by atoms with Crippen LogP contribution < -0.4 is 9.46 Å². The molecule has 4 rings (SSSR count). The largest absolute Gasteiger partial charge is 0.493 e. The molecule has 23 heavy (non-hydrogen) atoms. The average molecular weight is 338 g/mol. The molecule has 2 aliphatic heterocycles. The van der Waals surface area contributed by atoms with Crippen LogP contribution in [-0.2, 0) is 21.2 Å². The van der Waals surface area contributed by atoms with Crippen LogP contribution in [0.25, 0.3) is 0 Å². The zero-order chi connectivity index (χ0) is 15.9. The third kappa shape index (κ3) is 3.38. The molecule has 7 heteroatoms. The zero-order valence-corrected chi connectivity index (χ0v) is 13.8. The standard InChI is InChI=1S/C16H22N2O4S/c19-23(20,15-3-4-16-12(9-15)5-7-22-16)17-10-14-11-18(6-8-21-14)13-1-2-13/h3-4,9,13-14,17H,1-2,5-8,10-11H2/t14-/m0/s1. The summed E-state index contributed by atoms with van der Waals surface area (Å²) in [7, 11) is -3.51. The Kier molecular flexibility index (Phi) is 4.05. The molecule has 1 aromatic carbocycles. The Hall–Kier alpha value is -1.15. The lowest BCUT2D eigenvalue weighted by Gasteiger charge is -2.33. The second kappa shape index (κ2) is 6.05. The normalized spacial score (nSPS) is 25.1. The summed E-state index contributed by atoms with van der Waals surface area (Å²) in [4.78, 5) is 2.71. The molecule has 1 saturated heterocycles. The molecule has 0 aromatic heterocycles. The molecule has 0 spiro atoms. The van der Waals surface area contributed by atoms with Gasteiger partial charge in [0.2, 0.25) is 10.0 Å². The van der Waals surface area contributed by atoms with E-state index >= 15 is 0 Å². The molecule has 1 atom stereocenters. The SMILES string of the molecule is O=S(=O)(NC[C@H]1CN(C2CC2)CCO1)c1ccc2c(c1)CCO2. The van der Waals surface area contributed by atoms with E-state index in [1.165, 1.54) is 12.8 Å². The van der Waals surface area contributed by atoms with E-state index in [9.17, 15) is 8.42 Å². The first-order valence-corrected chi connectivity index (χ1v) is 9.71. The van der Waals surface area contributed by atoms with Gasteiger partial charge in [-0.2, -0.15) is 0 Å². The minimum absolute atomic E-state index is 0.0723. The molecule has 3 aliphatic rings. The monoisotopic (exact) mass is 338 g/mol. The quantitative estimate of drug-likeness (QED) is 0.859. The van der Waals surface area contributed by atoms with Gasteiger partial charge in [-0.1, -0.05) is 0 Å². The highest BCUT2D eigenvalue weighted by atomic mass is 32.2. The van der Waals surface area contributed by atoms with Crippen molar-refractivity contribution in [1.29, 1.82) is 0 Å².